The van der Waals surface area contributed by atoms with E-state index < -0.39 is 89.9 Å². The summed E-state index contributed by atoms with van der Waals surface area (Å²) < 4.78 is 0. The summed E-state index contributed by atoms with van der Waals surface area (Å²) in [5.74, 6) is -4.10. The Kier molecular flexibility index (Phi) is 23.2. The van der Waals surface area contributed by atoms with Gasteiger partial charge in [-0.05, 0) is 123 Å². The Labute approximate surface area is 368 Å². The minimum absolute atomic E-state index is 0.0219. The molecule has 2 fully saturated rings. The topological polar surface area (TPSA) is 351 Å². The lowest BCUT2D eigenvalue weighted by Crippen LogP contribution is -2.60. The summed E-state index contributed by atoms with van der Waals surface area (Å²) in [4.78, 5) is 116. The van der Waals surface area contributed by atoms with Gasteiger partial charge in [0.1, 0.15) is 48.6 Å². The fraction of sp³-hybridized carbons (Fsp3) is 0.732. The molecule has 0 unspecified atom stereocenters. The van der Waals surface area contributed by atoms with E-state index in [9.17, 15) is 43.5 Å². The number of nitrogens with zero attached hydrogens (tertiary/aromatic N) is 2. The summed E-state index contributed by atoms with van der Waals surface area (Å²) >= 11 is 0. The summed E-state index contributed by atoms with van der Waals surface area (Å²) in [5.41, 5.74) is 17.7. The van der Waals surface area contributed by atoms with Gasteiger partial charge in [0, 0.05) is 24.9 Å². The molecule has 0 saturated carbocycles. The number of aromatic nitrogens is 2. The summed E-state index contributed by atoms with van der Waals surface area (Å²) in [5, 5.41) is 29.2. The molecule has 9 atom stereocenters. The van der Waals surface area contributed by atoms with Crippen molar-refractivity contribution in [2.45, 2.75) is 158 Å². The van der Waals surface area contributed by atoms with Gasteiger partial charge in [-0.25, -0.2) is 4.98 Å². The molecule has 63 heavy (non-hydrogen) atoms. The molecule has 2 saturated heterocycles. The maximum atomic E-state index is 14.4. The Morgan fingerprint density at radius 3 is 1.87 bits per heavy atom. The molecular formula is C41H71N13O9. The molecule has 3 heterocycles. The standard InChI is InChI=1S/C41H71N13O9/c1-25(48-36(58)28-14-9-19-46-28)35(57)52-32(21-27-22-45-24-47-27)39(61)49-29(11-3-6-16-42)37(59)51-31(13-5-8-18-44)41(63)54-20-10-15-34(54)40(62)50-30(12-4-7-17-43)38(60)53-33(23-55)26(2)56/h22-26,28-34,46,56H,3-21,42-44H2,1-2H3,(H,45,47)(H,48,58)(H,49,61)(H,50,62)(H,51,59)(H,52,57)(H,53,60)/t25-,26+,28-,29-,30-,31-,32-,33+,34-/m0/s1. The zero-order valence-corrected chi connectivity index (χ0v) is 36.7. The van der Waals surface area contributed by atoms with E-state index in [-0.39, 0.29) is 44.6 Å². The van der Waals surface area contributed by atoms with Crippen molar-refractivity contribution >= 4 is 47.6 Å². The van der Waals surface area contributed by atoms with Crippen molar-refractivity contribution in [1.29, 1.82) is 0 Å². The van der Waals surface area contributed by atoms with E-state index in [4.69, 9.17) is 17.2 Å². The van der Waals surface area contributed by atoms with Crippen LogP contribution in [-0.2, 0) is 44.8 Å². The maximum absolute atomic E-state index is 14.4. The Hall–Kier alpha value is -5.03. The highest BCUT2D eigenvalue weighted by molar-refractivity contribution is 5.97. The van der Waals surface area contributed by atoms with Gasteiger partial charge < -0.3 is 74.2 Å². The number of nitrogens with one attached hydrogen (secondary N) is 8. The number of hydrogen-bond donors (Lipinski definition) is 12. The molecule has 354 valence electrons. The average molecular weight is 890 g/mol. The molecular weight excluding hydrogens is 819 g/mol. The van der Waals surface area contributed by atoms with Gasteiger partial charge in [-0.3, -0.25) is 33.6 Å². The first-order valence-electron chi connectivity index (χ1n) is 22.3. The normalized spacial score (nSPS) is 19.4. The number of imidazole rings is 1. The van der Waals surface area contributed by atoms with Crippen molar-refractivity contribution in [3.05, 3.63) is 18.2 Å². The predicted molar refractivity (Wildman–Crippen MR) is 232 cm³/mol. The number of aliphatic hydroxyl groups is 1. The Balaban J connectivity index is 1.80. The fourth-order valence-corrected chi connectivity index (χ4v) is 7.53. The van der Waals surface area contributed by atoms with Gasteiger partial charge >= 0.3 is 0 Å². The first-order chi connectivity index (χ1) is 30.2. The molecule has 7 amide bonds. The number of carbonyl (C=O) groups excluding carboxylic acids is 8. The average Bonchev–Trinajstić information content (AvgIpc) is 4.08. The molecule has 0 spiro atoms. The number of amides is 7. The second-order valence-corrected chi connectivity index (χ2v) is 16.4. The van der Waals surface area contributed by atoms with Crippen LogP contribution in [-0.4, -0.2) is 155 Å². The number of aliphatic hydroxyl groups excluding tert-OH is 1. The molecule has 2 aliphatic heterocycles. The van der Waals surface area contributed by atoms with Crippen LogP contribution in [0.4, 0.5) is 0 Å². The van der Waals surface area contributed by atoms with Crippen molar-refractivity contribution in [3.63, 3.8) is 0 Å². The van der Waals surface area contributed by atoms with Crippen LogP contribution in [0.15, 0.2) is 12.5 Å². The summed E-state index contributed by atoms with van der Waals surface area (Å²) in [6.07, 6.45) is 7.87. The predicted octanol–water partition coefficient (Wildman–Crippen LogP) is -3.41. The Morgan fingerprint density at radius 2 is 1.32 bits per heavy atom. The zero-order chi connectivity index (χ0) is 46.3. The van der Waals surface area contributed by atoms with E-state index in [1.807, 2.05) is 0 Å². The van der Waals surface area contributed by atoms with Crippen molar-refractivity contribution in [2.24, 2.45) is 17.2 Å². The van der Waals surface area contributed by atoms with Crippen molar-refractivity contribution in [1.82, 2.24) is 52.1 Å². The number of likely N-dealkylation sites (tertiary alicyclic amines) is 1. The van der Waals surface area contributed by atoms with E-state index >= 15 is 0 Å². The summed E-state index contributed by atoms with van der Waals surface area (Å²) in [6.45, 7) is 4.76. The highest BCUT2D eigenvalue weighted by atomic mass is 16.3. The maximum Gasteiger partial charge on any atom is 0.245 e. The molecule has 2 aliphatic rings. The van der Waals surface area contributed by atoms with Crippen molar-refractivity contribution in [2.75, 3.05) is 32.7 Å². The quantitative estimate of drug-likeness (QED) is 0.0276. The number of unbranched alkanes of at least 4 members (excludes halogenated alkanes) is 3. The fourth-order valence-electron chi connectivity index (χ4n) is 7.53. The molecule has 0 radical (unpaired) electrons. The molecule has 1 aromatic rings. The lowest BCUT2D eigenvalue weighted by molar-refractivity contribution is -0.142. The molecule has 3 rings (SSSR count). The largest absolute Gasteiger partial charge is 0.391 e. The molecule has 0 aromatic carbocycles. The van der Waals surface area contributed by atoms with Gasteiger partial charge in [0.2, 0.25) is 41.4 Å². The minimum atomic E-state index is -1.20. The third-order valence-electron chi connectivity index (χ3n) is 11.3. The monoisotopic (exact) mass is 890 g/mol. The van der Waals surface area contributed by atoms with E-state index in [1.54, 1.807) is 0 Å². The second-order valence-electron chi connectivity index (χ2n) is 16.4. The van der Waals surface area contributed by atoms with Crippen LogP contribution < -0.4 is 54.4 Å². The van der Waals surface area contributed by atoms with Gasteiger partial charge in [-0.1, -0.05) is 0 Å². The number of hydrogen-bond acceptors (Lipinski definition) is 14. The lowest BCUT2D eigenvalue weighted by Gasteiger charge is -2.31. The number of aldehydes is 1. The summed E-state index contributed by atoms with van der Waals surface area (Å²) in [6, 6.07) is -8.14. The molecule has 0 bridgehead atoms. The van der Waals surface area contributed by atoms with E-state index in [2.05, 4.69) is 47.2 Å². The number of H-pyrrole nitrogens is 1. The van der Waals surface area contributed by atoms with Gasteiger partial charge in [-0.15, -0.1) is 0 Å². The third-order valence-corrected chi connectivity index (χ3v) is 11.3. The number of nitrogens with two attached hydrogens (primary N) is 3. The SMILES string of the molecule is C[C@H](NC(=O)[C@@H]1CCCN1)C(=O)N[C@@H](Cc1cnc[nH]1)C(=O)N[C@@H](CCCCN)C(=O)N[C@@H](CCCCN)C(=O)N1CCC[C@H]1C(=O)N[C@@H](CCCCN)C(=O)N[C@H](C=O)[C@@H](C)O. The van der Waals surface area contributed by atoms with Crippen molar-refractivity contribution in [3.8, 4) is 0 Å². The van der Waals surface area contributed by atoms with Crippen LogP contribution in [0.3, 0.4) is 0 Å². The lowest BCUT2D eigenvalue weighted by atomic mass is 10.0. The van der Waals surface area contributed by atoms with Crippen LogP contribution in [0.25, 0.3) is 0 Å². The summed E-state index contributed by atoms with van der Waals surface area (Å²) in [7, 11) is 0. The Bertz CT molecular complexity index is 1630. The highest BCUT2D eigenvalue weighted by Crippen LogP contribution is 2.21. The van der Waals surface area contributed by atoms with Crippen LogP contribution in [0.2, 0.25) is 0 Å². The zero-order valence-electron chi connectivity index (χ0n) is 36.7. The molecule has 0 aliphatic carbocycles. The second kappa shape index (κ2) is 27.9. The van der Waals surface area contributed by atoms with Gasteiger partial charge in [0.25, 0.3) is 0 Å². The highest BCUT2D eigenvalue weighted by Gasteiger charge is 2.40. The van der Waals surface area contributed by atoms with E-state index in [0.29, 0.717) is 89.5 Å². The van der Waals surface area contributed by atoms with E-state index in [0.717, 1.165) is 6.42 Å². The minimum Gasteiger partial charge on any atom is -0.391 e. The van der Waals surface area contributed by atoms with Crippen LogP contribution >= 0.6 is 0 Å². The molecule has 22 nitrogen and oxygen atoms in total. The smallest absolute Gasteiger partial charge is 0.245 e. The van der Waals surface area contributed by atoms with E-state index in [1.165, 1.54) is 31.3 Å². The first kappa shape index (κ1) is 52.3. The first-order valence-corrected chi connectivity index (χ1v) is 22.3. The van der Waals surface area contributed by atoms with Crippen molar-refractivity contribution < 1.29 is 43.5 Å². The van der Waals surface area contributed by atoms with Crippen LogP contribution in [0.1, 0.15) is 103 Å². The number of carbonyl (C=O) groups is 8. The third kappa shape index (κ3) is 17.2. The van der Waals surface area contributed by atoms with Gasteiger partial charge in [0.15, 0.2) is 0 Å². The Morgan fingerprint density at radius 1 is 0.746 bits per heavy atom. The van der Waals surface area contributed by atoms with Gasteiger partial charge in [0.05, 0.1) is 18.5 Å². The van der Waals surface area contributed by atoms with Crippen LogP contribution in [0, 0.1) is 0 Å². The molecule has 1 aromatic heterocycles. The van der Waals surface area contributed by atoms with Gasteiger partial charge in [-0.2, -0.15) is 0 Å². The van der Waals surface area contributed by atoms with Crippen LogP contribution in [0.5, 0.6) is 0 Å². The molecule has 22 heteroatoms. The number of rotatable bonds is 29. The number of aromatic amines is 1. The molecule has 15 N–H and O–H groups in total.